The van der Waals surface area contributed by atoms with Gasteiger partial charge in [-0.05, 0) is 31.4 Å². The maximum absolute atomic E-state index is 13.8. The number of fused-ring (bicyclic) bond motifs is 1. The second-order valence-corrected chi connectivity index (χ2v) is 6.32. The summed E-state index contributed by atoms with van der Waals surface area (Å²) < 4.78 is 15.6. The quantitative estimate of drug-likeness (QED) is 0.791. The summed E-state index contributed by atoms with van der Waals surface area (Å²) in [6.45, 7) is 3.85. The minimum Gasteiger partial charge on any atom is -0.380 e. The normalized spacial score (nSPS) is 15.7. The average Bonchev–Trinajstić information content (AvgIpc) is 3.12. The van der Waals surface area contributed by atoms with E-state index in [-0.39, 0.29) is 11.9 Å². The van der Waals surface area contributed by atoms with Gasteiger partial charge < -0.3 is 10.2 Å². The highest BCUT2D eigenvalue weighted by Gasteiger charge is 2.22. The molecule has 3 aromatic rings. The lowest BCUT2D eigenvalue weighted by atomic mass is 10.0. The molecule has 7 heteroatoms. The molecule has 0 atom stereocenters. The van der Waals surface area contributed by atoms with Gasteiger partial charge in [-0.25, -0.2) is 9.37 Å². The van der Waals surface area contributed by atoms with Crippen LogP contribution in [0.3, 0.4) is 0 Å². The van der Waals surface area contributed by atoms with Gasteiger partial charge in [0.15, 0.2) is 0 Å². The van der Waals surface area contributed by atoms with Gasteiger partial charge in [0.25, 0.3) is 5.78 Å². The molecule has 0 radical (unpaired) electrons. The van der Waals surface area contributed by atoms with Crippen molar-refractivity contribution in [2.24, 2.45) is 0 Å². The van der Waals surface area contributed by atoms with Crippen LogP contribution in [0.15, 0.2) is 36.7 Å². The van der Waals surface area contributed by atoms with E-state index in [1.165, 1.54) is 12.4 Å². The number of aromatic nitrogens is 4. The molecule has 2 aromatic heterocycles. The fourth-order valence-corrected chi connectivity index (χ4v) is 3.30. The molecule has 0 aliphatic carbocycles. The van der Waals surface area contributed by atoms with Crippen molar-refractivity contribution in [1.82, 2.24) is 19.6 Å². The Morgan fingerprint density at radius 3 is 2.80 bits per heavy atom. The number of benzene rings is 1. The summed E-state index contributed by atoms with van der Waals surface area (Å²) in [6, 6.07) is 9.20. The van der Waals surface area contributed by atoms with E-state index in [4.69, 9.17) is 0 Å². The molecule has 0 unspecified atom stereocenters. The molecule has 1 aromatic carbocycles. The molecule has 1 aliphatic rings. The summed E-state index contributed by atoms with van der Waals surface area (Å²) >= 11 is 0. The lowest BCUT2D eigenvalue weighted by molar-refractivity contribution is 0.516. The van der Waals surface area contributed by atoms with Gasteiger partial charge in [-0.3, -0.25) is 0 Å². The lowest BCUT2D eigenvalue weighted by Gasteiger charge is -2.34. The van der Waals surface area contributed by atoms with E-state index in [1.807, 2.05) is 6.07 Å². The van der Waals surface area contributed by atoms with E-state index < -0.39 is 0 Å². The Morgan fingerprint density at radius 1 is 1.24 bits per heavy atom. The first-order valence-corrected chi connectivity index (χ1v) is 8.70. The summed E-state index contributed by atoms with van der Waals surface area (Å²) in [5.41, 5.74) is 1.60. The van der Waals surface area contributed by atoms with Crippen LogP contribution in [0, 0.1) is 5.82 Å². The third-order valence-corrected chi connectivity index (χ3v) is 4.70. The zero-order chi connectivity index (χ0) is 17.2. The van der Waals surface area contributed by atoms with Crippen LogP contribution < -0.4 is 10.2 Å². The maximum atomic E-state index is 13.8. The van der Waals surface area contributed by atoms with Crippen LogP contribution in [0.5, 0.6) is 0 Å². The van der Waals surface area contributed by atoms with Crippen molar-refractivity contribution in [2.75, 3.05) is 23.3 Å². The lowest BCUT2D eigenvalue weighted by Crippen LogP contribution is -2.40. The monoisotopic (exact) mass is 340 g/mol. The van der Waals surface area contributed by atoms with Crippen molar-refractivity contribution < 1.29 is 4.39 Å². The Labute approximate surface area is 145 Å². The minimum atomic E-state index is -0.198. The van der Waals surface area contributed by atoms with E-state index in [9.17, 15) is 4.39 Å². The second kappa shape index (κ2) is 6.66. The molecular formula is C18H21FN6. The first-order chi connectivity index (χ1) is 12.2. The van der Waals surface area contributed by atoms with Gasteiger partial charge in [-0.15, -0.1) is 0 Å². The minimum absolute atomic E-state index is 0.198. The van der Waals surface area contributed by atoms with Crippen molar-refractivity contribution >= 4 is 17.3 Å². The summed E-state index contributed by atoms with van der Waals surface area (Å²) in [5.74, 6) is 1.47. The molecule has 1 N–H and O–H groups in total. The number of halogens is 1. The predicted molar refractivity (Wildman–Crippen MR) is 95.4 cm³/mol. The summed E-state index contributed by atoms with van der Waals surface area (Å²) in [7, 11) is 0. The number of nitrogens with one attached hydrogen (secondary N) is 1. The predicted octanol–water partition coefficient (Wildman–Crippen LogP) is 2.91. The highest BCUT2D eigenvalue weighted by molar-refractivity contribution is 5.49. The average molecular weight is 340 g/mol. The molecule has 0 bridgehead atoms. The largest absolute Gasteiger partial charge is 0.380 e. The molecule has 6 nitrogen and oxygen atoms in total. The number of piperidine rings is 1. The maximum Gasteiger partial charge on any atom is 0.254 e. The Bertz CT molecular complexity index is 869. The van der Waals surface area contributed by atoms with Gasteiger partial charge in [0.1, 0.15) is 18.0 Å². The number of hydrogen-bond donors (Lipinski definition) is 1. The molecule has 1 aliphatic heterocycles. The van der Waals surface area contributed by atoms with Crippen LogP contribution >= 0.6 is 0 Å². The zero-order valence-electron chi connectivity index (χ0n) is 14.2. The van der Waals surface area contributed by atoms with Crippen molar-refractivity contribution in [2.45, 2.75) is 32.2 Å². The zero-order valence-corrected chi connectivity index (χ0v) is 14.2. The molecule has 1 saturated heterocycles. The van der Waals surface area contributed by atoms with Crippen LogP contribution in [-0.2, 0) is 6.42 Å². The van der Waals surface area contributed by atoms with Crippen LogP contribution in [0.25, 0.3) is 5.78 Å². The highest BCUT2D eigenvalue weighted by Crippen LogP contribution is 2.24. The fraction of sp³-hybridized carbons (Fsp3) is 0.389. The van der Waals surface area contributed by atoms with E-state index in [2.05, 4.69) is 38.3 Å². The topological polar surface area (TPSA) is 58.4 Å². The molecule has 3 heterocycles. The molecule has 25 heavy (non-hydrogen) atoms. The molecule has 130 valence electrons. The number of para-hydroxylation sites is 1. The Kier molecular flexibility index (Phi) is 4.21. The number of hydrogen-bond acceptors (Lipinski definition) is 5. The molecule has 0 spiro atoms. The molecule has 1 fully saturated rings. The van der Waals surface area contributed by atoms with Crippen LogP contribution in [-0.4, -0.2) is 38.7 Å². The van der Waals surface area contributed by atoms with Gasteiger partial charge in [0.2, 0.25) is 0 Å². The van der Waals surface area contributed by atoms with Crippen molar-refractivity contribution in [3.8, 4) is 0 Å². The number of aryl methyl sites for hydroxylation is 1. The number of nitrogens with zero attached hydrogens (tertiary/aromatic N) is 5. The molecule has 4 rings (SSSR count). The van der Waals surface area contributed by atoms with E-state index in [0.717, 1.165) is 43.9 Å². The van der Waals surface area contributed by atoms with Gasteiger partial charge in [-0.2, -0.15) is 14.6 Å². The second-order valence-electron chi connectivity index (χ2n) is 6.32. The first-order valence-electron chi connectivity index (χ1n) is 8.70. The Hall–Kier alpha value is -2.70. The fourth-order valence-electron chi connectivity index (χ4n) is 3.30. The van der Waals surface area contributed by atoms with Crippen molar-refractivity contribution in [3.63, 3.8) is 0 Å². The number of rotatable bonds is 4. The van der Waals surface area contributed by atoms with Crippen LogP contribution in [0.1, 0.15) is 25.5 Å². The summed E-state index contributed by atoms with van der Waals surface area (Å²) in [6.07, 6.45) is 4.28. The first kappa shape index (κ1) is 15.8. The molecule has 0 saturated carbocycles. The van der Waals surface area contributed by atoms with Gasteiger partial charge in [-0.1, -0.05) is 19.1 Å². The SMILES string of the molecule is CCc1cc(N2CCC(Nc3ccccc3F)CC2)n2ncnc2n1. The van der Waals surface area contributed by atoms with Crippen molar-refractivity contribution in [1.29, 1.82) is 0 Å². The number of anilines is 2. The molecule has 0 amide bonds. The van der Waals surface area contributed by atoms with E-state index in [1.54, 1.807) is 16.6 Å². The van der Waals surface area contributed by atoms with Crippen LogP contribution in [0.4, 0.5) is 15.9 Å². The van der Waals surface area contributed by atoms with Gasteiger partial charge >= 0.3 is 0 Å². The third-order valence-electron chi connectivity index (χ3n) is 4.70. The molecular weight excluding hydrogens is 319 g/mol. The van der Waals surface area contributed by atoms with E-state index >= 15 is 0 Å². The Morgan fingerprint density at radius 2 is 2.04 bits per heavy atom. The van der Waals surface area contributed by atoms with E-state index in [0.29, 0.717) is 11.5 Å². The van der Waals surface area contributed by atoms with Gasteiger partial charge in [0.05, 0.1) is 5.69 Å². The Balaban J connectivity index is 1.49. The summed E-state index contributed by atoms with van der Waals surface area (Å²) in [4.78, 5) is 11.0. The third kappa shape index (κ3) is 3.14. The van der Waals surface area contributed by atoms with Crippen LogP contribution in [0.2, 0.25) is 0 Å². The summed E-state index contributed by atoms with van der Waals surface area (Å²) in [5, 5.41) is 7.63. The smallest absolute Gasteiger partial charge is 0.254 e. The van der Waals surface area contributed by atoms with Gasteiger partial charge in [0, 0.05) is 30.9 Å². The standard InChI is InChI=1S/C18H21FN6/c1-2-13-11-17(25-18(23-13)20-12-21-25)24-9-7-14(8-10-24)22-16-6-4-3-5-15(16)19/h3-6,11-12,14,22H,2,7-10H2,1H3. The van der Waals surface area contributed by atoms with Crippen molar-refractivity contribution in [3.05, 3.63) is 48.2 Å². The highest BCUT2D eigenvalue weighted by atomic mass is 19.1.